The highest BCUT2D eigenvalue weighted by Crippen LogP contribution is 2.37. The summed E-state index contributed by atoms with van der Waals surface area (Å²) in [4.78, 5) is 0. The maximum absolute atomic E-state index is 6.22. The Labute approximate surface area is 120 Å². The SMILES string of the molecule is COc1cc(CBr)cc(Cl)c1OCC1CCOC1. The van der Waals surface area contributed by atoms with E-state index in [1.807, 2.05) is 12.1 Å². The van der Waals surface area contributed by atoms with Crippen LogP contribution in [0.2, 0.25) is 5.02 Å². The Balaban J connectivity index is 2.10. The van der Waals surface area contributed by atoms with Crippen molar-refractivity contribution >= 4 is 27.5 Å². The second kappa shape index (κ2) is 6.64. The van der Waals surface area contributed by atoms with Crippen LogP contribution in [0.4, 0.5) is 0 Å². The van der Waals surface area contributed by atoms with Gasteiger partial charge in [0.05, 0.1) is 25.3 Å². The van der Waals surface area contributed by atoms with Gasteiger partial charge in [0.1, 0.15) is 0 Å². The zero-order valence-electron chi connectivity index (χ0n) is 10.2. The second-order valence-electron chi connectivity index (χ2n) is 4.28. The van der Waals surface area contributed by atoms with Crippen molar-refractivity contribution in [3.05, 3.63) is 22.7 Å². The predicted molar refractivity (Wildman–Crippen MR) is 75.1 cm³/mol. The van der Waals surface area contributed by atoms with Crippen LogP contribution in [-0.4, -0.2) is 26.9 Å². The van der Waals surface area contributed by atoms with E-state index in [2.05, 4.69) is 15.9 Å². The van der Waals surface area contributed by atoms with Gasteiger partial charge in [0.15, 0.2) is 11.5 Å². The minimum atomic E-state index is 0.446. The van der Waals surface area contributed by atoms with Gasteiger partial charge >= 0.3 is 0 Å². The van der Waals surface area contributed by atoms with Crippen molar-refractivity contribution in [2.24, 2.45) is 5.92 Å². The molecule has 1 aliphatic heterocycles. The lowest BCUT2D eigenvalue weighted by Crippen LogP contribution is -2.12. The van der Waals surface area contributed by atoms with E-state index in [-0.39, 0.29) is 0 Å². The maximum Gasteiger partial charge on any atom is 0.179 e. The van der Waals surface area contributed by atoms with Crippen molar-refractivity contribution in [3.8, 4) is 11.5 Å². The van der Waals surface area contributed by atoms with E-state index in [0.29, 0.717) is 29.0 Å². The minimum Gasteiger partial charge on any atom is -0.493 e. The quantitative estimate of drug-likeness (QED) is 0.769. The summed E-state index contributed by atoms with van der Waals surface area (Å²) in [5, 5.41) is 1.32. The fourth-order valence-electron chi connectivity index (χ4n) is 1.91. The van der Waals surface area contributed by atoms with E-state index in [0.717, 1.165) is 30.5 Å². The molecule has 1 atom stereocenters. The minimum absolute atomic E-state index is 0.446. The molecule has 2 rings (SSSR count). The molecule has 1 saturated heterocycles. The molecule has 1 fully saturated rings. The second-order valence-corrected chi connectivity index (χ2v) is 5.25. The Kier molecular flexibility index (Phi) is 5.15. The molecule has 0 amide bonds. The summed E-state index contributed by atoms with van der Waals surface area (Å²) in [6.45, 7) is 2.20. The van der Waals surface area contributed by atoms with Crippen LogP contribution in [0.5, 0.6) is 11.5 Å². The van der Waals surface area contributed by atoms with Gasteiger partial charge in [-0.3, -0.25) is 0 Å². The molecule has 0 aliphatic carbocycles. The van der Waals surface area contributed by atoms with Gasteiger partial charge in [0.25, 0.3) is 0 Å². The Morgan fingerprint density at radius 1 is 1.50 bits per heavy atom. The van der Waals surface area contributed by atoms with Crippen molar-refractivity contribution in [1.29, 1.82) is 0 Å². The Morgan fingerprint density at radius 3 is 2.94 bits per heavy atom. The molecule has 0 bridgehead atoms. The number of halogens is 2. The molecule has 0 saturated carbocycles. The number of benzene rings is 1. The van der Waals surface area contributed by atoms with Gasteiger partial charge in [-0.25, -0.2) is 0 Å². The van der Waals surface area contributed by atoms with Crippen molar-refractivity contribution in [2.75, 3.05) is 26.9 Å². The Morgan fingerprint density at radius 2 is 2.33 bits per heavy atom. The van der Waals surface area contributed by atoms with E-state index in [1.54, 1.807) is 7.11 Å². The molecule has 18 heavy (non-hydrogen) atoms. The molecule has 3 nitrogen and oxygen atoms in total. The van der Waals surface area contributed by atoms with Gasteiger partial charge in [-0.15, -0.1) is 0 Å². The first-order valence-corrected chi connectivity index (χ1v) is 7.37. The first kappa shape index (κ1) is 14.0. The summed E-state index contributed by atoms with van der Waals surface area (Å²) in [5.74, 6) is 1.74. The van der Waals surface area contributed by atoms with E-state index < -0.39 is 0 Å². The summed E-state index contributed by atoms with van der Waals surface area (Å²) < 4.78 is 16.4. The lowest BCUT2D eigenvalue weighted by molar-refractivity contribution is 0.165. The lowest BCUT2D eigenvalue weighted by Gasteiger charge is -2.15. The molecule has 0 radical (unpaired) electrons. The number of hydrogen-bond acceptors (Lipinski definition) is 3. The molecule has 100 valence electrons. The van der Waals surface area contributed by atoms with Gasteiger partial charge in [-0.05, 0) is 24.1 Å². The number of rotatable bonds is 5. The predicted octanol–water partition coefficient (Wildman–Crippen LogP) is 3.66. The molecule has 1 aromatic rings. The molecule has 1 aliphatic rings. The zero-order chi connectivity index (χ0) is 13.0. The van der Waals surface area contributed by atoms with Crippen molar-refractivity contribution in [2.45, 2.75) is 11.8 Å². The highest BCUT2D eigenvalue weighted by Gasteiger charge is 2.18. The van der Waals surface area contributed by atoms with Crippen LogP contribution in [0.3, 0.4) is 0 Å². The van der Waals surface area contributed by atoms with Gasteiger partial charge in [0, 0.05) is 17.9 Å². The van der Waals surface area contributed by atoms with Crippen LogP contribution in [0.25, 0.3) is 0 Å². The smallest absolute Gasteiger partial charge is 0.179 e. The summed E-state index contributed by atoms with van der Waals surface area (Å²) >= 11 is 9.62. The summed E-state index contributed by atoms with van der Waals surface area (Å²) in [5.41, 5.74) is 1.06. The van der Waals surface area contributed by atoms with Gasteiger partial charge in [-0.1, -0.05) is 27.5 Å². The summed E-state index contributed by atoms with van der Waals surface area (Å²) in [7, 11) is 1.62. The third-order valence-electron chi connectivity index (χ3n) is 2.93. The van der Waals surface area contributed by atoms with Crippen LogP contribution in [0.15, 0.2) is 12.1 Å². The molecule has 0 spiro atoms. The standard InChI is InChI=1S/C13H16BrClO3/c1-16-12-5-10(6-14)4-11(15)13(12)18-8-9-2-3-17-7-9/h4-5,9H,2-3,6-8H2,1H3. The van der Waals surface area contributed by atoms with E-state index in [9.17, 15) is 0 Å². The van der Waals surface area contributed by atoms with Crippen LogP contribution in [0.1, 0.15) is 12.0 Å². The van der Waals surface area contributed by atoms with E-state index >= 15 is 0 Å². The number of ether oxygens (including phenoxy) is 3. The normalized spacial score (nSPS) is 18.9. The van der Waals surface area contributed by atoms with Crippen LogP contribution < -0.4 is 9.47 Å². The first-order valence-electron chi connectivity index (χ1n) is 5.87. The van der Waals surface area contributed by atoms with Crippen LogP contribution in [-0.2, 0) is 10.1 Å². The summed E-state index contributed by atoms with van der Waals surface area (Å²) in [6, 6.07) is 3.82. The van der Waals surface area contributed by atoms with Crippen LogP contribution >= 0.6 is 27.5 Å². The summed E-state index contributed by atoms with van der Waals surface area (Å²) in [6.07, 6.45) is 1.04. The third kappa shape index (κ3) is 3.31. The molecular formula is C13H16BrClO3. The average Bonchev–Trinajstić information content (AvgIpc) is 2.89. The third-order valence-corrected chi connectivity index (χ3v) is 3.86. The van der Waals surface area contributed by atoms with Crippen molar-refractivity contribution < 1.29 is 14.2 Å². The molecule has 5 heteroatoms. The first-order chi connectivity index (χ1) is 8.74. The fraction of sp³-hybridized carbons (Fsp3) is 0.538. The zero-order valence-corrected chi connectivity index (χ0v) is 12.6. The van der Waals surface area contributed by atoms with Gasteiger partial charge in [-0.2, -0.15) is 0 Å². The van der Waals surface area contributed by atoms with Gasteiger partial charge < -0.3 is 14.2 Å². The number of methoxy groups -OCH3 is 1. The molecular weight excluding hydrogens is 319 g/mol. The Hall–Kier alpha value is -0.450. The highest BCUT2D eigenvalue weighted by molar-refractivity contribution is 9.08. The average molecular weight is 336 g/mol. The Bertz CT molecular complexity index is 405. The van der Waals surface area contributed by atoms with Crippen LogP contribution in [0, 0.1) is 5.92 Å². The fourth-order valence-corrected chi connectivity index (χ4v) is 2.52. The highest BCUT2D eigenvalue weighted by atomic mass is 79.9. The number of alkyl halides is 1. The molecule has 0 N–H and O–H groups in total. The molecule has 1 aromatic carbocycles. The largest absolute Gasteiger partial charge is 0.493 e. The van der Waals surface area contributed by atoms with Gasteiger partial charge in [0.2, 0.25) is 0 Å². The van der Waals surface area contributed by atoms with Crippen molar-refractivity contribution in [3.63, 3.8) is 0 Å². The van der Waals surface area contributed by atoms with E-state index in [4.69, 9.17) is 25.8 Å². The van der Waals surface area contributed by atoms with E-state index in [1.165, 1.54) is 0 Å². The molecule has 0 aromatic heterocycles. The monoisotopic (exact) mass is 334 g/mol. The molecule has 1 heterocycles. The number of hydrogen-bond donors (Lipinski definition) is 0. The topological polar surface area (TPSA) is 27.7 Å². The maximum atomic E-state index is 6.22. The molecule has 1 unspecified atom stereocenters. The lowest BCUT2D eigenvalue weighted by atomic mass is 10.1. The van der Waals surface area contributed by atoms with Crippen molar-refractivity contribution in [1.82, 2.24) is 0 Å².